The van der Waals surface area contributed by atoms with E-state index in [1.54, 1.807) is 29.4 Å². The summed E-state index contributed by atoms with van der Waals surface area (Å²) in [4.78, 5) is 6.98. The van der Waals surface area contributed by atoms with Crippen LogP contribution in [0.4, 0.5) is 5.13 Å². The largest absolute Gasteiger partial charge is 0.363 e. The van der Waals surface area contributed by atoms with Gasteiger partial charge >= 0.3 is 0 Å². The summed E-state index contributed by atoms with van der Waals surface area (Å²) in [5.74, 6) is 0.846. The lowest BCUT2D eigenvalue weighted by Gasteiger charge is -1.91. The first-order chi connectivity index (χ1) is 6.88. The Kier molecular flexibility index (Phi) is 3.00. The molecule has 0 radical (unpaired) electrons. The lowest BCUT2D eigenvalue weighted by Crippen LogP contribution is -1.84. The van der Waals surface area contributed by atoms with E-state index in [2.05, 4.69) is 25.5 Å². The van der Waals surface area contributed by atoms with Crippen LogP contribution in [0.2, 0.25) is 0 Å². The quantitative estimate of drug-likeness (QED) is 0.776. The number of nitrogens with one attached hydrogen (secondary N) is 2. The molecule has 5 nitrogen and oxygen atoms in total. The molecule has 0 saturated carbocycles. The van der Waals surface area contributed by atoms with E-state index in [-0.39, 0.29) is 0 Å². The second-order valence-electron chi connectivity index (χ2n) is 2.49. The predicted octanol–water partition coefficient (Wildman–Crippen LogP) is 1.60. The fourth-order valence-electron chi connectivity index (χ4n) is 0.872. The number of anilines is 1. The van der Waals surface area contributed by atoms with Gasteiger partial charge in [0.25, 0.3) is 0 Å². The number of imidazole rings is 1. The van der Waals surface area contributed by atoms with Crippen molar-refractivity contribution in [2.75, 3.05) is 12.4 Å². The van der Waals surface area contributed by atoms with Gasteiger partial charge in [-0.25, -0.2) is 4.98 Å². The molecule has 14 heavy (non-hydrogen) atoms. The second-order valence-corrected chi connectivity index (χ2v) is 4.69. The molecule has 0 aliphatic rings. The third kappa shape index (κ3) is 2.24. The molecular formula is C7H9N5S2. The number of aromatic nitrogens is 4. The van der Waals surface area contributed by atoms with Gasteiger partial charge in [-0.3, -0.25) is 0 Å². The molecule has 74 valence electrons. The molecule has 2 heterocycles. The molecule has 0 amide bonds. The Labute approximate surface area is 89.4 Å². The van der Waals surface area contributed by atoms with Crippen LogP contribution >= 0.6 is 23.1 Å². The number of thioether (sulfide) groups is 1. The molecule has 0 fully saturated rings. The summed E-state index contributed by atoms with van der Waals surface area (Å²) in [6.07, 6.45) is 3.49. The topological polar surface area (TPSA) is 66.5 Å². The minimum Gasteiger partial charge on any atom is -0.363 e. The molecule has 0 atom stereocenters. The van der Waals surface area contributed by atoms with E-state index in [4.69, 9.17) is 0 Å². The third-order valence-electron chi connectivity index (χ3n) is 1.53. The molecule has 0 aromatic carbocycles. The molecule has 0 unspecified atom stereocenters. The molecule has 0 spiro atoms. The Balaban J connectivity index is 1.92. The van der Waals surface area contributed by atoms with E-state index in [9.17, 15) is 0 Å². The van der Waals surface area contributed by atoms with Crippen molar-refractivity contribution in [1.82, 2.24) is 20.2 Å². The average Bonchev–Trinajstić information content (AvgIpc) is 2.86. The van der Waals surface area contributed by atoms with Crippen LogP contribution in [0.1, 0.15) is 5.69 Å². The summed E-state index contributed by atoms with van der Waals surface area (Å²) in [5, 5.41) is 11.8. The minimum atomic E-state index is 0.845. The highest BCUT2D eigenvalue weighted by molar-refractivity contribution is 8.00. The highest BCUT2D eigenvalue weighted by atomic mass is 32.2. The zero-order chi connectivity index (χ0) is 9.80. The highest BCUT2D eigenvalue weighted by Crippen LogP contribution is 2.27. The lowest BCUT2D eigenvalue weighted by molar-refractivity contribution is 1.01. The summed E-state index contributed by atoms with van der Waals surface area (Å²) in [6.45, 7) is 0. The standard InChI is InChI=1S/C7H9N5S2/c1-8-6-11-12-7(14-6)13-3-5-2-9-4-10-5/h2,4H,3H2,1H3,(H,8,11)(H,9,10). The summed E-state index contributed by atoms with van der Waals surface area (Å²) < 4.78 is 0.962. The van der Waals surface area contributed by atoms with Crippen LogP contribution in [0.25, 0.3) is 0 Å². The zero-order valence-corrected chi connectivity index (χ0v) is 9.15. The normalized spacial score (nSPS) is 10.4. The Morgan fingerprint density at radius 1 is 1.57 bits per heavy atom. The number of rotatable bonds is 4. The van der Waals surface area contributed by atoms with Crippen LogP contribution in [0.3, 0.4) is 0 Å². The van der Waals surface area contributed by atoms with Crippen molar-refractivity contribution < 1.29 is 0 Å². The maximum atomic E-state index is 4.02. The van der Waals surface area contributed by atoms with Gasteiger partial charge in [0.05, 0.1) is 6.33 Å². The Hall–Kier alpha value is -1.08. The number of aromatic amines is 1. The van der Waals surface area contributed by atoms with Crippen LogP contribution in [0, 0.1) is 0 Å². The Bertz CT molecular complexity index is 382. The van der Waals surface area contributed by atoms with Crippen LogP contribution in [0.15, 0.2) is 16.9 Å². The average molecular weight is 227 g/mol. The molecule has 0 saturated heterocycles. The summed E-state index contributed by atoms with van der Waals surface area (Å²) in [5.41, 5.74) is 1.09. The summed E-state index contributed by atoms with van der Waals surface area (Å²) in [6, 6.07) is 0. The maximum Gasteiger partial charge on any atom is 0.206 e. The van der Waals surface area contributed by atoms with Crippen molar-refractivity contribution in [3.8, 4) is 0 Å². The van der Waals surface area contributed by atoms with Gasteiger partial charge in [0.1, 0.15) is 0 Å². The molecule has 7 heteroatoms. The minimum absolute atomic E-state index is 0.845. The van der Waals surface area contributed by atoms with E-state index in [0.717, 1.165) is 20.9 Å². The summed E-state index contributed by atoms with van der Waals surface area (Å²) >= 11 is 3.20. The lowest BCUT2D eigenvalue weighted by atomic mass is 10.6. The van der Waals surface area contributed by atoms with E-state index < -0.39 is 0 Å². The molecule has 0 bridgehead atoms. The molecule has 2 N–H and O–H groups in total. The van der Waals surface area contributed by atoms with E-state index in [1.165, 1.54) is 0 Å². The zero-order valence-electron chi connectivity index (χ0n) is 7.52. The number of H-pyrrole nitrogens is 1. The van der Waals surface area contributed by atoms with Crippen LogP contribution in [-0.4, -0.2) is 27.2 Å². The van der Waals surface area contributed by atoms with Crippen LogP contribution in [0.5, 0.6) is 0 Å². The first-order valence-corrected chi connectivity index (χ1v) is 5.80. The smallest absolute Gasteiger partial charge is 0.206 e. The predicted molar refractivity (Wildman–Crippen MR) is 57.6 cm³/mol. The molecule has 2 rings (SSSR count). The first kappa shape index (κ1) is 9.47. The number of hydrogen-bond donors (Lipinski definition) is 2. The van der Waals surface area contributed by atoms with Gasteiger partial charge in [-0.2, -0.15) is 0 Å². The first-order valence-electron chi connectivity index (χ1n) is 4.00. The van der Waals surface area contributed by atoms with Crippen molar-refractivity contribution in [3.05, 3.63) is 18.2 Å². The van der Waals surface area contributed by atoms with E-state index in [0.29, 0.717) is 0 Å². The Morgan fingerprint density at radius 2 is 2.50 bits per heavy atom. The third-order valence-corrected chi connectivity index (χ3v) is 3.65. The number of hydrogen-bond acceptors (Lipinski definition) is 6. The second kappa shape index (κ2) is 4.43. The van der Waals surface area contributed by atoms with E-state index in [1.807, 2.05) is 13.2 Å². The van der Waals surface area contributed by atoms with Gasteiger partial charge in [0, 0.05) is 24.7 Å². The van der Waals surface area contributed by atoms with Crippen molar-refractivity contribution in [1.29, 1.82) is 0 Å². The highest BCUT2D eigenvalue weighted by Gasteiger charge is 2.03. The molecule has 0 aliphatic heterocycles. The number of nitrogens with zero attached hydrogens (tertiary/aromatic N) is 3. The van der Waals surface area contributed by atoms with Crippen molar-refractivity contribution in [3.63, 3.8) is 0 Å². The maximum absolute atomic E-state index is 4.02. The SMILES string of the molecule is CNc1nnc(SCc2cnc[nH]2)s1. The molecule has 0 aliphatic carbocycles. The molecule has 2 aromatic rings. The van der Waals surface area contributed by atoms with Crippen molar-refractivity contribution in [2.45, 2.75) is 10.1 Å². The fourth-order valence-corrected chi connectivity index (χ4v) is 2.49. The van der Waals surface area contributed by atoms with Crippen LogP contribution in [-0.2, 0) is 5.75 Å². The molecular weight excluding hydrogens is 218 g/mol. The van der Waals surface area contributed by atoms with Gasteiger partial charge in [-0.15, -0.1) is 10.2 Å². The molecule has 2 aromatic heterocycles. The van der Waals surface area contributed by atoms with E-state index >= 15 is 0 Å². The van der Waals surface area contributed by atoms with Crippen molar-refractivity contribution >= 4 is 28.2 Å². The van der Waals surface area contributed by atoms with Crippen LogP contribution < -0.4 is 5.32 Å². The Morgan fingerprint density at radius 3 is 3.14 bits per heavy atom. The van der Waals surface area contributed by atoms with Gasteiger partial charge in [-0.05, 0) is 0 Å². The van der Waals surface area contributed by atoms with Gasteiger partial charge in [0.15, 0.2) is 4.34 Å². The summed E-state index contributed by atoms with van der Waals surface area (Å²) in [7, 11) is 1.84. The van der Waals surface area contributed by atoms with Crippen molar-refractivity contribution in [2.24, 2.45) is 0 Å². The van der Waals surface area contributed by atoms with Gasteiger partial charge in [0.2, 0.25) is 5.13 Å². The van der Waals surface area contributed by atoms with Gasteiger partial charge < -0.3 is 10.3 Å². The monoisotopic (exact) mass is 227 g/mol. The van der Waals surface area contributed by atoms with Gasteiger partial charge in [-0.1, -0.05) is 23.1 Å². The fraction of sp³-hybridized carbons (Fsp3) is 0.286.